The Bertz CT molecular complexity index is 342. The number of benzene rings is 1. The van der Waals surface area contributed by atoms with Crippen LogP contribution in [0, 0.1) is 5.82 Å². The van der Waals surface area contributed by atoms with Crippen molar-refractivity contribution < 1.29 is 9.13 Å². The molecule has 0 radical (unpaired) electrons. The third-order valence-corrected chi connectivity index (χ3v) is 2.93. The van der Waals surface area contributed by atoms with Gasteiger partial charge in [0.25, 0.3) is 0 Å². The summed E-state index contributed by atoms with van der Waals surface area (Å²) in [6, 6.07) is 6.96. The maximum atomic E-state index is 13.0. The number of hydrogen-bond acceptors (Lipinski definition) is 2. The molecule has 0 aliphatic carbocycles. The van der Waals surface area contributed by atoms with Crippen LogP contribution in [0.15, 0.2) is 24.3 Å². The van der Waals surface area contributed by atoms with Crippen LogP contribution in [0.25, 0.3) is 0 Å². The van der Waals surface area contributed by atoms with E-state index in [4.69, 9.17) is 4.74 Å². The molecule has 1 saturated heterocycles. The van der Waals surface area contributed by atoms with E-state index in [1.165, 1.54) is 12.1 Å². The summed E-state index contributed by atoms with van der Waals surface area (Å²) in [4.78, 5) is 0. The molecule has 0 amide bonds. The first kappa shape index (κ1) is 10.6. The van der Waals surface area contributed by atoms with E-state index < -0.39 is 0 Å². The molecule has 1 aliphatic rings. The lowest BCUT2D eigenvalue weighted by Crippen LogP contribution is -2.46. The Morgan fingerprint density at radius 1 is 1.40 bits per heavy atom. The SMILES string of the molecule is CC1NCC(c2cccc(F)c2)OC1C. The molecule has 3 unspecified atom stereocenters. The molecule has 0 spiro atoms. The third-order valence-electron chi connectivity index (χ3n) is 2.93. The molecular weight excluding hydrogens is 193 g/mol. The number of rotatable bonds is 1. The molecule has 3 atom stereocenters. The minimum atomic E-state index is -0.206. The molecule has 1 aliphatic heterocycles. The van der Waals surface area contributed by atoms with Gasteiger partial charge >= 0.3 is 0 Å². The molecule has 1 aromatic rings. The van der Waals surface area contributed by atoms with E-state index >= 15 is 0 Å². The Balaban J connectivity index is 2.12. The summed E-state index contributed by atoms with van der Waals surface area (Å²) in [6.45, 7) is 4.87. The zero-order valence-electron chi connectivity index (χ0n) is 9.03. The lowest BCUT2D eigenvalue weighted by molar-refractivity contribution is -0.0509. The minimum Gasteiger partial charge on any atom is -0.368 e. The largest absolute Gasteiger partial charge is 0.368 e. The van der Waals surface area contributed by atoms with E-state index in [0.29, 0.717) is 6.04 Å². The fourth-order valence-electron chi connectivity index (χ4n) is 1.79. The van der Waals surface area contributed by atoms with Crippen LogP contribution in [0.4, 0.5) is 4.39 Å². The summed E-state index contributed by atoms with van der Waals surface area (Å²) in [6.07, 6.45) is 0.124. The van der Waals surface area contributed by atoms with Gasteiger partial charge in [0.1, 0.15) is 5.82 Å². The molecule has 15 heavy (non-hydrogen) atoms. The van der Waals surface area contributed by atoms with Gasteiger partial charge in [-0.05, 0) is 31.5 Å². The molecule has 1 aromatic carbocycles. The highest BCUT2D eigenvalue weighted by atomic mass is 19.1. The Labute approximate surface area is 89.4 Å². The Morgan fingerprint density at radius 2 is 2.20 bits per heavy atom. The van der Waals surface area contributed by atoms with Gasteiger partial charge in [-0.15, -0.1) is 0 Å². The van der Waals surface area contributed by atoms with Gasteiger partial charge in [0.2, 0.25) is 0 Å². The smallest absolute Gasteiger partial charge is 0.123 e. The van der Waals surface area contributed by atoms with Gasteiger partial charge in [0, 0.05) is 12.6 Å². The summed E-state index contributed by atoms with van der Waals surface area (Å²) in [7, 11) is 0. The summed E-state index contributed by atoms with van der Waals surface area (Å²) in [5, 5.41) is 3.35. The standard InChI is InChI=1S/C12H16FNO/c1-8-9(2)15-12(7-14-8)10-4-3-5-11(13)6-10/h3-6,8-9,12,14H,7H2,1-2H3. The van der Waals surface area contributed by atoms with Crippen LogP contribution >= 0.6 is 0 Å². The first-order valence-corrected chi connectivity index (χ1v) is 5.31. The van der Waals surface area contributed by atoms with Crippen molar-refractivity contribution >= 4 is 0 Å². The number of ether oxygens (including phenoxy) is 1. The zero-order valence-corrected chi connectivity index (χ0v) is 9.03. The third kappa shape index (κ3) is 2.36. The van der Waals surface area contributed by atoms with Crippen molar-refractivity contribution in [2.75, 3.05) is 6.54 Å². The van der Waals surface area contributed by atoms with Gasteiger partial charge in [0.05, 0.1) is 12.2 Å². The average molecular weight is 209 g/mol. The predicted octanol–water partition coefficient (Wildman–Crippen LogP) is 2.26. The molecule has 0 bridgehead atoms. The average Bonchev–Trinajstić information content (AvgIpc) is 2.22. The van der Waals surface area contributed by atoms with E-state index in [1.807, 2.05) is 13.0 Å². The first-order chi connectivity index (χ1) is 7.16. The van der Waals surface area contributed by atoms with Crippen molar-refractivity contribution in [3.63, 3.8) is 0 Å². The maximum Gasteiger partial charge on any atom is 0.123 e. The Morgan fingerprint density at radius 3 is 2.87 bits per heavy atom. The molecule has 3 heteroatoms. The summed E-state index contributed by atoms with van der Waals surface area (Å²) in [5.74, 6) is -0.206. The second-order valence-electron chi connectivity index (χ2n) is 4.08. The molecule has 1 heterocycles. The molecule has 0 saturated carbocycles. The lowest BCUT2D eigenvalue weighted by atomic mass is 10.1. The fourth-order valence-corrected chi connectivity index (χ4v) is 1.79. The minimum absolute atomic E-state index is 0.0353. The van der Waals surface area contributed by atoms with Crippen LogP contribution in [0.1, 0.15) is 25.5 Å². The van der Waals surface area contributed by atoms with E-state index in [1.54, 1.807) is 6.07 Å². The highest BCUT2D eigenvalue weighted by molar-refractivity contribution is 5.19. The molecule has 2 rings (SSSR count). The number of halogens is 1. The van der Waals surface area contributed by atoms with Gasteiger partial charge in [0.15, 0.2) is 0 Å². The normalized spacial score (nSPS) is 31.5. The van der Waals surface area contributed by atoms with Crippen molar-refractivity contribution in [3.8, 4) is 0 Å². The highest BCUT2D eigenvalue weighted by Crippen LogP contribution is 2.23. The van der Waals surface area contributed by atoms with Gasteiger partial charge < -0.3 is 10.1 Å². The zero-order chi connectivity index (χ0) is 10.8. The topological polar surface area (TPSA) is 21.3 Å². The van der Waals surface area contributed by atoms with Crippen LogP contribution in [0.3, 0.4) is 0 Å². The van der Waals surface area contributed by atoms with Gasteiger partial charge in [-0.3, -0.25) is 0 Å². The summed E-state index contributed by atoms with van der Waals surface area (Å²) in [5.41, 5.74) is 0.904. The van der Waals surface area contributed by atoms with Gasteiger partial charge in [-0.2, -0.15) is 0 Å². The van der Waals surface area contributed by atoms with E-state index in [0.717, 1.165) is 12.1 Å². The fraction of sp³-hybridized carbons (Fsp3) is 0.500. The van der Waals surface area contributed by atoms with Crippen molar-refractivity contribution in [2.45, 2.75) is 32.1 Å². The van der Waals surface area contributed by atoms with Gasteiger partial charge in [-0.25, -0.2) is 4.39 Å². The quantitative estimate of drug-likeness (QED) is 0.766. The monoisotopic (exact) mass is 209 g/mol. The van der Waals surface area contributed by atoms with Crippen LogP contribution < -0.4 is 5.32 Å². The Hall–Kier alpha value is -0.930. The van der Waals surface area contributed by atoms with Crippen molar-refractivity contribution in [2.24, 2.45) is 0 Å². The Kier molecular flexibility index (Phi) is 3.03. The van der Waals surface area contributed by atoms with Gasteiger partial charge in [-0.1, -0.05) is 12.1 Å². The van der Waals surface area contributed by atoms with E-state index in [9.17, 15) is 4.39 Å². The molecule has 82 valence electrons. The summed E-state index contributed by atoms with van der Waals surface area (Å²) < 4.78 is 18.8. The lowest BCUT2D eigenvalue weighted by Gasteiger charge is -2.34. The first-order valence-electron chi connectivity index (χ1n) is 5.31. The molecule has 0 aromatic heterocycles. The van der Waals surface area contributed by atoms with Crippen LogP contribution in [0.2, 0.25) is 0 Å². The van der Waals surface area contributed by atoms with Crippen molar-refractivity contribution in [1.82, 2.24) is 5.32 Å². The van der Waals surface area contributed by atoms with Crippen LogP contribution in [-0.4, -0.2) is 18.7 Å². The number of nitrogens with one attached hydrogen (secondary N) is 1. The van der Waals surface area contributed by atoms with E-state index in [2.05, 4.69) is 12.2 Å². The van der Waals surface area contributed by atoms with E-state index in [-0.39, 0.29) is 18.0 Å². The number of hydrogen-bond donors (Lipinski definition) is 1. The molecule has 1 N–H and O–H groups in total. The maximum absolute atomic E-state index is 13.0. The molecule has 2 nitrogen and oxygen atoms in total. The summed E-state index contributed by atoms with van der Waals surface area (Å²) >= 11 is 0. The highest BCUT2D eigenvalue weighted by Gasteiger charge is 2.25. The molecule has 1 fully saturated rings. The van der Waals surface area contributed by atoms with Crippen molar-refractivity contribution in [1.29, 1.82) is 0 Å². The number of morpholine rings is 1. The predicted molar refractivity (Wildman–Crippen MR) is 57.2 cm³/mol. The van der Waals surface area contributed by atoms with Crippen LogP contribution in [0.5, 0.6) is 0 Å². The van der Waals surface area contributed by atoms with Crippen molar-refractivity contribution in [3.05, 3.63) is 35.6 Å². The van der Waals surface area contributed by atoms with Crippen LogP contribution in [-0.2, 0) is 4.74 Å². The molecular formula is C12H16FNO. The second kappa shape index (κ2) is 4.29. The second-order valence-corrected chi connectivity index (χ2v) is 4.08.